The van der Waals surface area contributed by atoms with Crippen molar-refractivity contribution in [1.82, 2.24) is 10.3 Å². The van der Waals surface area contributed by atoms with Crippen LogP contribution in [0.2, 0.25) is 0 Å². The van der Waals surface area contributed by atoms with Crippen LogP contribution in [-0.4, -0.2) is 29.9 Å². The second kappa shape index (κ2) is 8.51. The number of hydrogen-bond donors (Lipinski definition) is 2. The van der Waals surface area contributed by atoms with E-state index < -0.39 is 11.8 Å². The van der Waals surface area contributed by atoms with Gasteiger partial charge in [-0.2, -0.15) is 5.26 Å². The first-order valence-corrected chi connectivity index (χ1v) is 8.30. The minimum Gasteiger partial charge on any atom is -0.468 e. The summed E-state index contributed by atoms with van der Waals surface area (Å²) in [5.74, 6) is 0.428. The first-order valence-electron chi connectivity index (χ1n) is 8.30. The fraction of sp³-hybridized carbons (Fsp3) is 0.100. The zero-order chi connectivity index (χ0) is 19.9. The van der Waals surface area contributed by atoms with E-state index >= 15 is 0 Å². The molecule has 0 aliphatic carbocycles. The number of pyridine rings is 1. The maximum Gasteiger partial charge on any atom is 0.258 e. The molecule has 1 aromatic heterocycles. The lowest BCUT2D eigenvalue weighted by molar-refractivity contribution is -0.126. The van der Waals surface area contributed by atoms with Gasteiger partial charge in [0.05, 0.1) is 23.7 Å². The number of nitriles is 1. The summed E-state index contributed by atoms with van der Waals surface area (Å²) in [5.41, 5.74) is 6.18. The Morgan fingerprint density at radius 2 is 1.82 bits per heavy atom. The summed E-state index contributed by atoms with van der Waals surface area (Å²) in [7, 11) is 0. The average Bonchev–Trinajstić information content (AvgIpc) is 2.71. The van der Waals surface area contributed by atoms with Crippen molar-refractivity contribution in [1.29, 1.82) is 5.26 Å². The summed E-state index contributed by atoms with van der Waals surface area (Å²) in [6.45, 7) is -0.513. The van der Waals surface area contributed by atoms with Crippen molar-refractivity contribution >= 4 is 22.7 Å². The Bertz CT molecular complexity index is 1060. The topological polar surface area (TPSA) is 127 Å². The van der Waals surface area contributed by atoms with E-state index in [9.17, 15) is 9.59 Å². The molecule has 0 bridgehead atoms. The number of amides is 2. The molecule has 0 saturated heterocycles. The van der Waals surface area contributed by atoms with Crippen LogP contribution in [0.3, 0.4) is 0 Å². The van der Waals surface area contributed by atoms with Crippen molar-refractivity contribution in [2.24, 2.45) is 5.73 Å². The normalized spacial score (nSPS) is 10.1. The molecule has 0 aliphatic heterocycles. The van der Waals surface area contributed by atoms with Crippen LogP contribution in [0.4, 0.5) is 0 Å². The standard InChI is InChI=1S/C20H16N4O4/c21-10-13-1-4-15(5-2-13)28-16-6-7-17-14(9-16)3-8-20(24-17)27-12-19(26)23-11-18(22)25/h1-9H,11-12H2,(H2,22,25)(H,23,26). The number of nitrogens with two attached hydrogens (primary N) is 1. The SMILES string of the molecule is N#Cc1ccc(Oc2ccc3nc(OCC(=O)NCC(N)=O)ccc3c2)cc1. The Kier molecular flexibility index (Phi) is 5.67. The summed E-state index contributed by atoms with van der Waals surface area (Å²) in [5, 5.41) is 12.0. The molecular formula is C20H16N4O4. The molecule has 0 saturated carbocycles. The third kappa shape index (κ3) is 4.95. The van der Waals surface area contributed by atoms with Gasteiger partial charge in [-0.1, -0.05) is 0 Å². The summed E-state index contributed by atoms with van der Waals surface area (Å²) in [4.78, 5) is 26.5. The Balaban J connectivity index is 1.65. The van der Waals surface area contributed by atoms with Crippen LogP contribution < -0.4 is 20.5 Å². The molecule has 0 spiro atoms. The summed E-state index contributed by atoms with van der Waals surface area (Å²) in [6, 6.07) is 17.7. The van der Waals surface area contributed by atoms with E-state index in [2.05, 4.69) is 16.4 Å². The first kappa shape index (κ1) is 18.7. The maximum atomic E-state index is 11.5. The van der Waals surface area contributed by atoms with E-state index in [-0.39, 0.29) is 19.0 Å². The van der Waals surface area contributed by atoms with Crippen LogP contribution in [0.15, 0.2) is 54.6 Å². The van der Waals surface area contributed by atoms with Crippen LogP contribution in [0.1, 0.15) is 5.56 Å². The number of benzene rings is 2. The van der Waals surface area contributed by atoms with Crippen LogP contribution in [0, 0.1) is 11.3 Å². The fourth-order valence-electron chi connectivity index (χ4n) is 2.34. The molecule has 8 heteroatoms. The molecule has 3 N–H and O–H groups in total. The highest BCUT2D eigenvalue weighted by molar-refractivity contribution is 5.84. The minimum absolute atomic E-state index is 0.241. The fourth-order valence-corrected chi connectivity index (χ4v) is 2.34. The van der Waals surface area contributed by atoms with Crippen LogP contribution in [-0.2, 0) is 9.59 Å². The van der Waals surface area contributed by atoms with E-state index in [1.54, 1.807) is 48.5 Å². The number of carbonyl (C=O) groups is 2. The van der Waals surface area contributed by atoms with Gasteiger partial charge in [0.25, 0.3) is 5.91 Å². The molecule has 8 nitrogen and oxygen atoms in total. The van der Waals surface area contributed by atoms with Gasteiger partial charge in [-0.15, -0.1) is 0 Å². The summed E-state index contributed by atoms with van der Waals surface area (Å²) < 4.78 is 11.1. The van der Waals surface area contributed by atoms with Gasteiger partial charge in [-0.05, 0) is 48.5 Å². The molecule has 0 unspecified atom stereocenters. The van der Waals surface area contributed by atoms with Crippen molar-refractivity contribution in [2.45, 2.75) is 0 Å². The number of ether oxygens (including phenoxy) is 2. The number of rotatable bonds is 7. The molecule has 2 amide bonds. The van der Waals surface area contributed by atoms with Gasteiger partial charge < -0.3 is 20.5 Å². The zero-order valence-corrected chi connectivity index (χ0v) is 14.7. The summed E-state index contributed by atoms with van der Waals surface area (Å²) in [6.07, 6.45) is 0. The van der Waals surface area contributed by atoms with Gasteiger partial charge in [0.1, 0.15) is 11.5 Å². The van der Waals surface area contributed by atoms with E-state index in [4.69, 9.17) is 20.5 Å². The molecule has 0 fully saturated rings. The quantitative estimate of drug-likeness (QED) is 0.648. The van der Waals surface area contributed by atoms with Crippen molar-refractivity contribution in [3.05, 3.63) is 60.2 Å². The van der Waals surface area contributed by atoms with Gasteiger partial charge in [0.15, 0.2) is 6.61 Å². The van der Waals surface area contributed by atoms with Crippen LogP contribution in [0.5, 0.6) is 17.4 Å². The Hall–Kier alpha value is -4.12. The molecule has 0 aliphatic rings. The number of aromatic nitrogens is 1. The highest BCUT2D eigenvalue weighted by atomic mass is 16.5. The smallest absolute Gasteiger partial charge is 0.258 e. The predicted molar refractivity (Wildman–Crippen MR) is 101 cm³/mol. The van der Waals surface area contributed by atoms with Crippen molar-refractivity contribution in [3.63, 3.8) is 0 Å². The third-order valence-corrected chi connectivity index (χ3v) is 3.67. The van der Waals surface area contributed by atoms with Crippen LogP contribution >= 0.6 is 0 Å². The van der Waals surface area contributed by atoms with Gasteiger partial charge >= 0.3 is 0 Å². The van der Waals surface area contributed by atoms with Crippen molar-refractivity contribution in [3.8, 4) is 23.4 Å². The molecule has 3 aromatic rings. The van der Waals surface area contributed by atoms with Gasteiger partial charge in [-0.3, -0.25) is 9.59 Å². The number of primary amides is 1. The molecule has 1 heterocycles. The second-order valence-electron chi connectivity index (χ2n) is 5.77. The number of hydrogen-bond acceptors (Lipinski definition) is 6. The number of carbonyl (C=O) groups excluding carboxylic acids is 2. The highest BCUT2D eigenvalue weighted by Crippen LogP contribution is 2.26. The van der Waals surface area contributed by atoms with Gasteiger partial charge in [0.2, 0.25) is 11.8 Å². The van der Waals surface area contributed by atoms with E-state index in [1.807, 2.05) is 6.07 Å². The lowest BCUT2D eigenvalue weighted by Gasteiger charge is -2.09. The first-order chi connectivity index (χ1) is 13.5. The Morgan fingerprint density at radius 1 is 1.07 bits per heavy atom. The summed E-state index contributed by atoms with van der Waals surface area (Å²) >= 11 is 0. The molecule has 0 radical (unpaired) electrons. The van der Waals surface area contributed by atoms with Crippen LogP contribution in [0.25, 0.3) is 10.9 Å². The molecule has 140 valence electrons. The average molecular weight is 376 g/mol. The Labute approximate surface area is 160 Å². The largest absolute Gasteiger partial charge is 0.468 e. The van der Waals surface area contributed by atoms with Crippen molar-refractivity contribution < 1.29 is 19.1 Å². The highest BCUT2D eigenvalue weighted by Gasteiger charge is 2.07. The molecule has 2 aromatic carbocycles. The second-order valence-corrected chi connectivity index (χ2v) is 5.77. The number of nitrogens with zero attached hydrogens (tertiary/aromatic N) is 2. The van der Waals surface area contributed by atoms with E-state index in [1.165, 1.54) is 0 Å². The molecule has 3 rings (SSSR count). The lowest BCUT2D eigenvalue weighted by atomic mass is 10.2. The monoisotopic (exact) mass is 376 g/mol. The predicted octanol–water partition coefficient (Wildman–Crippen LogP) is 1.88. The maximum absolute atomic E-state index is 11.5. The van der Waals surface area contributed by atoms with Gasteiger partial charge in [0, 0.05) is 11.5 Å². The Morgan fingerprint density at radius 3 is 2.54 bits per heavy atom. The number of nitrogens with one attached hydrogen (secondary N) is 1. The lowest BCUT2D eigenvalue weighted by Crippen LogP contribution is -2.36. The zero-order valence-electron chi connectivity index (χ0n) is 14.7. The third-order valence-electron chi connectivity index (χ3n) is 3.67. The van der Waals surface area contributed by atoms with Gasteiger partial charge in [-0.25, -0.2) is 4.98 Å². The van der Waals surface area contributed by atoms with Crippen molar-refractivity contribution in [2.75, 3.05) is 13.2 Å². The molecule has 0 atom stereocenters. The molecular weight excluding hydrogens is 360 g/mol. The minimum atomic E-state index is -0.629. The van der Waals surface area contributed by atoms with E-state index in [0.717, 1.165) is 5.39 Å². The van der Waals surface area contributed by atoms with E-state index in [0.29, 0.717) is 22.6 Å². The molecule has 28 heavy (non-hydrogen) atoms. The number of fused-ring (bicyclic) bond motifs is 1.